The number of anilines is 2. The van der Waals surface area contributed by atoms with Gasteiger partial charge in [0.25, 0.3) is 0 Å². The van der Waals surface area contributed by atoms with E-state index < -0.39 is 0 Å². The summed E-state index contributed by atoms with van der Waals surface area (Å²) in [6, 6.07) is 13.3. The Labute approximate surface area is 176 Å². The second kappa shape index (κ2) is 10.4. The van der Waals surface area contributed by atoms with Crippen molar-refractivity contribution in [3.05, 3.63) is 54.2 Å². The van der Waals surface area contributed by atoms with Gasteiger partial charge in [0.05, 0.1) is 12.6 Å². The molecule has 1 aliphatic heterocycles. The van der Waals surface area contributed by atoms with Crippen molar-refractivity contribution in [3.63, 3.8) is 0 Å². The van der Waals surface area contributed by atoms with Crippen LogP contribution in [0.1, 0.15) is 25.3 Å². The topological polar surface area (TPSA) is 98.7 Å². The molecule has 8 nitrogen and oxygen atoms in total. The van der Waals surface area contributed by atoms with E-state index in [0.717, 1.165) is 11.3 Å². The van der Waals surface area contributed by atoms with E-state index in [9.17, 15) is 9.59 Å². The number of amides is 2. The van der Waals surface area contributed by atoms with Gasteiger partial charge in [0.2, 0.25) is 11.8 Å². The molecular weight excluding hydrogens is 380 g/mol. The average Bonchev–Trinajstić information content (AvgIpc) is 3.10. The maximum Gasteiger partial charge on any atom is 0.229 e. The van der Waals surface area contributed by atoms with Crippen LogP contribution in [-0.4, -0.2) is 48.4 Å². The molecule has 1 aromatic heterocycles. The first-order valence-corrected chi connectivity index (χ1v) is 10.2. The van der Waals surface area contributed by atoms with Crippen LogP contribution >= 0.6 is 0 Å². The lowest BCUT2D eigenvalue weighted by Crippen LogP contribution is -2.44. The third-order valence-corrected chi connectivity index (χ3v) is 4.67. The van der Waals surface area contributed by atoms with Gasteiger partial charge in [0.1, 0.15) is 5.82 Å². The number of nitrogens with zero attached hydrogens (tertiary/aromatic N) is 3. The molecule has 2 amide bonds. The molecule has 1 aromatic carbocycles. The fourth-order valence-corrected chi connectivity index (χ4v) is 3.19. The zero-order chi connectivity index (χ0) is 21.3. The van der Waals surface area contributed by atoms with Crippen molar-refractivity contribution in [1.29, 1.82) is 0 Å². The van der Waals surface area contributed by atoms with Crippen LogP contribution in [0.3, 0.4) is 0 Å². The number of nitrogens with one attached hydrogen (secondary N) is 3. The number of aryl methyl sites for hydroxylation is 1. The molecule has 1 aliphatic rings. The lowest BCUT2D eigenvalue weighted by Gasteiger charge is -2.19. The standard InChI is InChI=1S/C22H28N6O2/c1-3-23-22(24-12-11-20(29)27-19-10-9-16(2)14-25-19)26-17-13-21(30)28(15-17)18-7-5-4-6-8-18/h4-10,14,17H,3,11-13,15H2,1-2H3,(H2,23,24,26)(H,25,27,29). The summed E-state index contributed by atoms with van der Waals surface area (Å²) in [6.45, 7) is 5.51. The molecule has 8 heteroatoms. The van der Waals surface area contributed by atoms with Gasteiger partial charge < -0.3 is 20.9 Å². The average molecular weight is 409 g/mol. The molecule has 1 unspecified atom stereocenters. The maximum absolute atomic E-state index is 12.4. The number of rotatable bonds is 7. The predicted molar refractivity (Wildman–Crippen MR) is 119 cm³/mol. The van der Waals surface area contributed by atoms with Gasteiger partial charge in [-0.3, -0.25) is 14.6 Å². The molecule has 3 rings (SSSR count). The summed E-state index contributed by atoms with van der Waals surface area (Å²) < 4.78 is 0. The number of para-hydroxylation sites is 1. The molecule has 1 fully saturated rings. The van der Waals surface area contributed by atoms with Crippen LogP contribution in [0.2, 0.25) is 0 Å². The molecular formula is C22H28N6O2. The molecule has 3 N–H and O–H groups in total. The molecule has 1 saturated heterocycles. The second-order valence-electron chi connectivity index (χ2n) is 7.16. The van der Waals surface area contributed by atoms with Gasteiger partial charge in [-0.15, -0.1) is 0 Å². The Morgan fingerprint density at radius 3 is 2.73 bits per heavy atom. The largest absolute Gasteiger partial charge is 0.357 e. The number of guanidine groups is 1. The van der Waals surface area contributed by atoms with E-state index in [1.54, 1.807) is 17.2 Å². The number of benzene rings is 1. The van der Waals surface area contributed by atoms with E-state index in [-0.39, 0.29) is 24.3 Å². The number of aromatic nitrogens is 1. The molecule has 2 aromatic rings. The summed E-state index contributed by atoms with van der Waals surface area (Å²) in [5.74, 6) is 1.08. The molecule has 1 atom stereocenters. The van der Waals surface area contributed by atoms with Crippen molar-refractivity contribution >= 4 is 29.3 Å². The highest BCUT2D eigenvalue weighted by molar-refractivity contribution is 5.97. The van der Waals surface area contributed by atoms with Crippen molar-refractivity contribution in [2.75, 3.05) is 29.9 Å². The van der Waals surface area contributed by atoms with Crippen molar-refractivity contribution in [2.24, 2.45) is 4.99 Å². The Balaban J connectivity index is 1.51. The minimum absolute atomic E-state index is 0.0407. The third-order valence-electron chi connectivity index (χ3n) is 4.67. The molecule has 0 saturated carbocycles. The Morgan fingerprint density at radius 1 is 1.23 bits per heavy atom. The van der Waals surface area contributed by atoms with Gasteiger partial charge in [-0.2, -0.15) is 0 Å². The van der Waals surface area contributed by atoms with Gasteiger partial charge in [0, 0.05) is 37.8 Å². The molecule has 158 valence electrons. The van der Waals surface area contributed by atoms with Crippen LogP contribution in [0.25, 0.3) is 0 Å². The van der Waals surface area contributed by atoms with Gasteiger partial charge in [-0.05, 0) is 37.6 Å². The summed E-state index contributed by atoms with van der Waals surface area (Å²) in [5, 5.41) is 9.25. The van der Waals surface area contributed by atoms with Crippen LogP contribution in [0.15, 0.2) is 53.7 Å². The van der Waals surface area contributed by atoms with Gasteiger partial charge in [0.15, 0.2) is 5.96 Å². The van der Waals surface area contributed by atoms with Crippen molar-refractivity contribution < 1.29 is 9.59 Å². The van der Waals surface area contributed by atoms with Crippen LogP contribution in [0.4, 0.5) is 11.5 Å². The number of aliphatic imine (C=N–C) groups is 1. The van der Waals surface area contributed by atoms with Crippen molar-refractivity contribution in [3.8, 4) is 0 Å². The lowest BCUT2D eigenvalue weighted by atomic mass is 10.2. The fourth-order valence-electron chi connectivity index (χ4n) is 3.19. The summed E-state index contributed by atoms with van der Waals surface area (Å²) in [6.07, 6.45) is 2.35. The van der Waals surface area contributed by atoms with E-state index in [2.05, 4.69) is 25.9 Å². The van der Waals surface area contributed by atoms with E-state index in [1.165, 1.54) is 0 Å². The molecule has 0 spiro atoms. The van der Waals surface area contributed by atoms with Crippen LogP contribution in [0, 0.1) is 6.92 Å². The molecule has 0 radical (unpaired) electrons. The summed E-state index contributed by atoms with van der Waals surface area (Å²) in [7, 11) is 0. The molecule has 30 heavy (non-hydrogen) atoms. The maximum atomic E-state index is 12.4. The van der Waals surface area contributed by atoms with Crippen molar-refractivity contribution in [2.45, 2.75) is 32.7 Å². The minimum atomic E-state index is -0.141. The van der Waals surface area contributed by atoms with Gasteiger partial charge in [-0.25, -0.2) is 4.98 Å². The van der Waals surface area contributed by atoms with Crippen LogP contribution in [0.5, 0.6) is 0 Å². The lowest BCUT2D eigenvalue weighted by molar-refractivity contribution is -0.117. The van der Waals surface area contributed by atoms with Crippen molar-refractivity contribution in [1.82, 2.24) is 15.6 Å². The number of hydrogen-bond donors (Lipinski definition) is 3. The Bertz CT molecular complexity index is 882. The highest BCUT2D eigenvalue weighted by Gasteiger charge is 2.31. The van der Waals surface area contributed by atoms with E-state index in [1.807, 2.05) is 50.2 Å². The summed E-state index contributed by atoms with van der Waals surface area (Å²) in [4.78, 5) is 34.9. The van der Waals surface area contributed by atoms with Crippen LogP contribution < -0.4 is 20.9 Å². The van der Waals surface area contributed by atoms with E-state index in [4.69, 9.17) is 0 Å². The number of hydrogen-bond acceptors (Lipinski definition) is 4. The number of pyridine rings is 1. The number of carbonyl (C=O) groups excluding carboxylic acids is 2. The van der Waals surface area contributed by atoms with Gasteiger partial charge in [-0.1, -0.05) is 24.3 Å². The molecule has 0 bridgehead atoms. The summed E-state index contributed by atoms with van der Waals surface area (Å²) in [5.41, 5.74) is 1.94. The monoisotopic (exact) mass is 408 g/mol. The highest BCUT2D eigenvalue weighted by atomic mass is 16.2. The zero-order valence-electron chi connectivity index (χ0n) is 17.4. The van der Waals surface area contributed by atoms with Crippen LogP contribution in [-0.2, 0) is 9.59 Å². The smallest absolute Gasteiger partial charge is 0.229 e. The summed E-state index contributed by atoms with van der Waals surface area (Å²) >= 11 is 0. The van der Waals surface area contributed by atoms with Gasteiger partial charge >= 0.3 is 0 Å². The van der Waals surface area contributed by atoms with E-state index in [0.29, 0.717) is 37.8 Å². The zero-order valence-corrected chi connectivity index (χ0v) is 17.4. The highest BCUT2D eigenvalue weighted by Crippen LogP contribution is 2.20. The fraction of sp³-hybridized carbons (Fsp3) is 0.364. The Kier molecular flexibility index (Phi) is 7.37. The first-order chi connectivity index (χ1) is 14.5. The second-order valence-corrected chi connectivity index (χ2v) is 7.16. The molecule has 2 heterocycles. The SMILES string of the molecule is CCNC(=NCCC(=O)Nc1ccc(C)cn1)NC1CC(=O)N(c2ccccc2)C1. The normalized spacial score (nSPS) is 16.5. The first kappa shape index (κ1) is 21.3. The third kappa shape index (κ3) is 6.04. The first-order valence-electron chi connectivity index (χ1n) is 10.2. The minimum Gasteiger partial charge on any atom is -0.357 e. The van der Waals surface area contributed by atoms with E-state index >= 15 is 0 Å². The Morgan fingerprint density at radius 2 is 2.03 bits per heavy atom. The molecule has 0 aliphatic carbocycles. The number of carbonyl (C=O) groups is 2. The quantitative estimate of drug-likeness (QED) is 0.481. The Hall–Kier alpha value is -3.42. The predicted octanol–water partition coefficient (Wildman–Crippen LogP) is 2.08.